The van der Waals surface area contributed by atoms with Crippen molar-refractivity contribution in [1.29, 1.82) is 5.26 Å². The number of piperidine rings is 1. The van der Waals surface area contributed by atoms with E-state index in [0.717, 1.165) is 55.3 Å². The van der Waals surface area contributed by atoms with Gasteiger partial charge in [0.25, 0.3) is 0 Å². The van der Waals surface area contributed by atoms with Crippen LogP contribution in [-0.2, 0) is 6.42 Å². The van der Waals surface area contributed by atoms with Gasteiger partial charge in [-0.05, 0) is 63.5 Å². The van der Waals surface area contributed by atoms with Gasteiger partial charge in [0.05, 0.1) is 36.0 Å². The minimum Gasteiger partial charge on any atom is -0.466 e. The van der Waals surface area contributed by atoms with Crippen molar-refractivity contribution in [1.82, 2.24) is 19.9 Å². The largest absolute Gasteiger partial charge is 0.466 e. The smallest absolute Gasteiger partial charge is 0.148 e. The van der Waals surface area contributed by atoms with Gasteiger partial charge in [-0.2, -0.15) is 5.26 Å². The zero-order chi connectivity index (χ0) is 20.8. The maximum atomic E-state index is 8.84. The average Bonchev–Trinajstić information content (AvgIpc) is 3.20. The lowest BCUT2D eigenvalue weighted by Gasteiger charge is -2.35. The third-order valence-corrected chi connectivity index (χ3v) is 5.44. The molecule has 154 valence electrons. The Labute approximate surface area is 176 Å². The van der Waals surface area contributed by atoms with E-state index in [1.165, 1.54) is 12.8 Å². The molecule has 1 aliphatic rings. The molecule has 0 bridgehead atoms. The van der Waals surface area contributed by atoms with Gasteiger partial charge in [-0.3, -0.25) is 9.88 Å². The Balaban J connectivity index is 1.36. The number of aryl methyl sites for hydroxylation is 2. The maximum absolute atomic E-state index is 8.84. The van der Waals surface area contributed by atoms with Crippen molar-refractivity contribution in [2.45, 2.75) is 45.1 Å². The Hall–Kier alpha value is -3.24. The molecule has 3 aromatic rings. The van der Waals surface area contributed by atoms with Gasteiger partial charge in [-0.15, -0.1) is 0 Å². The zero-order valence-electron chi connectivity index (χ0n) is 17.2. The van der Waals surface area contributed by atoms with Gasteiger partial charge >= 0.3 is 0 Å². The molecule has 4 rings (SSSR count). The molecule has 0 aromatic carbocycles. The van der Waals surface area contributed by atoms with E-state index in [1.807, 2.05) is 31.3 Å². The summed E-state index contributed by atoms with van der Waals surface area (Å²) >= 11 is 0. The van der Waals surface area contributed by atoms with Crippen molar-refractivity contribution >= 4 is 11.5 Å². The SMILES string of the molecule is Cc1ccc(CCCN2CCCC[C@@H]2c2cnc(Nc3ccc(C#N)nc3)cn2)o1. The molecule has 0 unspecified atom stereocenters. The highest BCUT2D eigenvalue weighted by atomic mass is 16.3. The summed E-state index contributed by atoms with van der Waals surface area (Å²) < 4.78 is 5.69. The molecule has 1 saturated heterocycles. The number of rotatable bonds is 7. The summed E-state index contributed by atoms with van der Waals surface area (Å²) in [6.45, 7) is 4.11. The Morgan fingerprint density at radius 2 is 2.07 bits per heavy atom. The Bertz CT molecular complexity index is 990. The number of anilines is 2. The number of hydrogen-bond acceptors (Lipinski definition) is 7. The van der Waals surface area contributed by atoms with E-state index in [1.54, 1.807) is 18.5 Å². The number of likely N-dealkylation sites (tertiary alicyclic amines) is 1. The average molecular weight is 403 g/mol. The third-order valence-electron chi connectivity index (χ3n) is 5.44. The highest BCUT2D eigenvalue weighted by Gasteiger charge is 2.25. The van der Waals surface area contributed by atoms with Gasteiger partial charge in [0.15, 0.2) is 0 Å². The van der Waals surface area contributed by atoms with Gasteiger partial charge in [-0.1, -0.05) is 6.42 Å². The first kappa shape index (κ1) is 20.0. The minimum absolute atomic E-state index is 0.315. The summed E-state index contributed by atoms with van der Waals surface area (Å²) in [6, 6.07) is 9.91. The Kier molecular flexibility index (Phi) is 6.35. The Morgan fingerprint density at radius 1 is 1.13 bits per heavy atom. The van der Waals surface area contributed by atoms with E-state index in [9.17, 15) is 0 Å². The fraction of sp³-hybridized carbons (Fsp3) is 0.391. The fourth-order valence-electron chi connectivity index (χ4n) is 3.93. The molecular formula is C23H26N6O. The second kappa shape index (κ2) is 9.51. The van der Waals surface area contributed by atoms with Gasteiger partial charge < -0.3 is 9.73 Å². The molecule has 0 radical (unpaired) electrons. The van der Waals surface area contributed by atoms with Gasteiger partial charge in [0.2, 0.25) is 0 Å². The molecule has 0 spiro atoms. The topological polar surface area (TPSA) is 90.9 Å². The molecule has 0 aliphatic carbocycles. The van der Waals surface area contributed by atoms with Gasteiger partial charge in [0, 0.05) is 6.42 Å². The van der Waals surface area contributed by atoms with E-state index < -0.39 is 0 Å². The highest BCUT2D eigenvalue weighted by molar-refractivity contribution is 5.54. The summed E-state index contributed by atoms with van der Waals surface area (Å²) in [5.41, 5.74) is 2.19. The summed E-state index contributed by atoms with van der Waals surface area (Å²) in [5, 5.41) is 12.0. The molecule has 7 nitrogen and oxygen atoms in total. The lowest BCUT2D eigenvalue weighted by atomic mass is 9.99. The van der Waals surface area contributed by atoms with Crippen LogP contribution in [0.15, 0.2) is 47.3 Å². The van der Waals surface area contributed by atoms with Crippen LogP contribution in [0.25, 0.3) is 0 Å². The molecule has 4 heterocycles. The van der Waals surface area contributed by atoms with Crippen LogP contribution in [-0.4, -0.2) is 32.9 Å². The maximum Gasteiger partial charge on any atom is 0.148 e. The van der Waals surface area contributed by atoms with E-state index in [-0.39, 0.29) is 0 Å². The first-order valence-corrected chi connectivity index (χ1v) is 10.5. The summed E-state index contributed by atoms with van der Waals surface area (Å²) in [5.74, 6) is 2.70. The van der Waals surface area contributed by atoms with E-state index in [2.05, 4.69) is 26.3 Å². The molecule has 1 fully saturated rings. The van der Waals surface area contributed by atoms with Crippen LogP contribution in [0.5, 0.6) is 0 Å². The number of nitrogens with zero attached hydrogens (tertiary/aromatic N) is 5. The van der Waals surface area contributed by atoms with Crippen LogP contribution in [0.4, 0.5) is 11.5 Å². The number of nitriles is 1. The lowest BCUT2D eigenvalue weighted by molar-refractivity contribution is 0.143. The molecule has 0 saturated carbocycles. The van der Waals surface area contributed by atoms with Crippen LogP contribution >= 0.6 is 0 Å². The van der Waals surface area contributed by atoms with Crippen molar-refractivity contribution in [2.75, 3.05) is 18.4 Å². The summed E-state index contributed by atoms with van der Waals surface area (Å²) in [7, 11) is 0. The summed E-state index contributed by atoms with van der Waals surface area (Å²) in [6.07, 6.45) is 10.9. The van der Waals surface area contributed by atoms with Crippen molar-refractivity contribution < 1.29 is 4.42 Å². The molecular weight excluding hydrogens is 376 g/mol. The third kappa shape index (κ3) is 5.02. The van der Waals surface area contributed by atoms with Crippen molar-refractivity contribution in [2.24, 2.45) is 0 Å². The molecule has 30 heavy (non-hydrogen) atoms. The second-order valence-electron chi connectivity index (χ2n) is 7.66. The van der Waals surface area contributed by atoms with Gasteiger partial charge in [-0.25, -0.2) is 9.97 Å². The Morgan fingerprint density at radius 3 is 2.77 bits per heavy atom. The van der Waals surface area contributed by atoms with Gasteiger partial charge in [0.1, 0.15) is 29.1 Å². The van der Waals surface area contributed by atoms with Crippen LogP contribution in [0.1, 0.15) is 54.6 Å². The standard InChI is InChI=1S/C23H26N6O/c1-17-7-10-20(30-17)5-4-12-29-11-3-2-6-22(29)21-15-27-23(16-26-21)28-19-9-8-18(13-24)25-14-19/h7-10,14-16,22H,2-6,11-12H2,1H3,(H,27,28)/t22-/m1/s1. The molecule has 1 atom stereocenters. The molecule has 1 aliphatic heterocycles. The highest BCUT2D eigenvalue weighted by Crippen LogP contribution is 2.30. The molecule has 0 amide bonds. The molecule has 1 N–H and O–H groups in total. The van der Waals surface area contributed by atoms with Crippen molar-refractivity contribution in [3.63, 3.8) is 0 Å². The summed E-state index contributed by atoms with van der Waals surface area (Å²) in [4.78, 5) is 15.8. The predicted octanol–water partition coefficient (Wildman–Crippen LogP) is 4.55. The molecule has 7 heteroatoms. The van der Waals surface area contributed by atoms with Crippen LogP contribution in [0.2, 0.25) is 0 Å². The second-order valence-corrected chi connectivity index (χ2v) is 7.66. The van der Waals surface area contributed by atoms with E-state index in [4.69, 9.17) is 14.7 Å². The first-order chi connectivity index (χ1) is 14.7. The van der Waals surface area contributed by atoms with Crippen molar-refractivity contribution in [3.05, 3.63) is 65.8 Å². The zero-order valence-corrected chi connectivity index (χ0v) is 17.2. The number of nitrogens with one attached hydrogen (secondary N) is 1. The first-order valence-electron chi connectivity index (χ1n) is 10.5. The van der Waals surface area contributed by atoms with E-state index in [0.29, 0.717) is 17.6 Å². The fourth-order valence-corrected chi connectivity index (χ4v) is 3.93. The molecule has 3 aromatic heterocycles. The minimum atomic E-state index is 0.315. The van der Waals surface area contributed by atoms with Crippen LogP contribution in [0.3, 0.4) is 0 Å². The normalized spacial score (nSPS) is 16.9. The van der Waals surface area contributed by atoms with Crippen LogP contribution in [0, 0.1) is 18.3 Å². The van der Waals surface area contributed by atoms with Crippen molar-refractivity contribution in [3.8, 4) is 6.07 Å². The number of hydrogen-bond donors (Lipinski definition) is 1. The predicted molar refractivity (Wildman–Crippen MR) is 114 cm³/mol. The monoisotopic (exact) mass is 402 g/mol. The number of furan rings is 1. The quantitative estimate of drug-likeness (QED) is 0.620. The van der Waals surface area contributed by atoms with E-state index >= 15 is 0 Å². The number of pyridine rings is 1. The lowest BCUT2D eigenvalue weighted by Crippen LogP contribution is -2.35. The number of aromatic nitrogens is 3. The van der Waals surface area contributed by atoms with Crippen LogP contribution < -0.4 is 5.32 Å².